The number of carboxylic acids is 1. The number of hydrogen-bond donors (Lipinski definition) is 3. The number of anilines is 1. The Bertz CT molecular complexity index is 1180. The monoisotopic (exact) mass is 458 g/mol. The molecule has 7 heteroatoms. The molecule has 0 fully saturated rings. The Labute approximate surface area is 197 Å². The summed E-state index contributed by atoms with van der Waals surface area (Å²) in [5.41, 5.74) is 5.17. The molecule has 4 rings (SSSR count). The van der Waals surface area contributed by atoms with Crippen molar-refractivity contribution in [3.63, 3.8) is 0 Å². The quantitative estimate of drug-likeness (QED) is 0.439. The second-order valence-electron chi connectivity index (χ2n) is 8.18. The van der Waals surface area contributed by atoms with Gasteiger partial charge in [0.15, 0.2) is 0 Å². The van der Waals surface area contributed by atoms with Crippen LogP contribution in [0.3, 0.4) is 0 Å². The van der Waals surface area contributed by atoms with Gasteiger partial charge in [-0.1, -0.05) is 67.9 Å². The molecule has 1 aliphatic carbocycles. The van der Waals surface area contributed by atoms with Crippen molar-refractivity contribution in [1.82, 2.24) is 5.32 Å². The van der Waals surface area contributed by atoms with E-state index in [-0.39, 0.29) is 18.1 Å². The van der Waals surface area contributed by atoms with E-state index < -0.39 is 24.0 Å². The first-order chi connectivity index (χ1) is 16.5. The summed E-state index contributed by atoms with van der Waals surface area (Å²) in [6.07, 6.45) is 0.327. The highest BCUT2D eigenvalue weighted by molar-refractivity contribution is 5.98. The molecule has 7 nitrogen and oxygen atoms in total. The molecule has 0 spiro atoms. The molecule has 34 heavy (non-hydrogen) atoms. The lowest BCUT2D eigenvalue weighted by Crippen LogP contribution is -2.40. The van der Waals surface area contributed by atoms with E-state index in [1.807, 2.05) is 43.3 Å². The number of carboxylic acid groups (broad SMARTS) is 1. The number of ether oxygens (including phenoxy) is 1. The van der Waals surface area contributed by atoms with Gasteiger partial charge in [0, 0.05) is 17.2 Å². The topological polar surface area (TPSA) is 105 Å². The van der Waals surface area contributed by atoms with Crippen molar-refractivity contribution in [2.24, 2.45) is 0 Å². The molecule has 174 valence electrons. The number of amides is 2. The summed E-state index contributed by atoms with van der Waals surface area (Å²) in [5.74, 6) is -1.65. The molecule has 0 bridgehead atoms. The van der Waals surface area contributed by atoms with E-state index >= 15 is 0 Å². The van der Waals surface area contributed by atoms with Crippen LogP contribution in [-0.2, 0) is 9.53 Å². The summed E-state index contributed by atoms with van der Waals surface area (Å²) in [7, 11) is 0. The van der Waals surface area contributed by atoms with Gasteiger partial charge >= 0.3 is 12.1 Å². The van der Waals surface area contributed by atoms with Crippen LogP contribution < -0.4 is 10.6 Å². The van der Waals surface area contributed by atoms with Gasteiger partial charge in [-0.15, -0.1) is 0 Å². The average molecular weight is 459 g/mol. The third-order valence-corrected chi connectivity index (χ3v) is 5.90. The number of rotatable bonds is 8. The van der Waals surface area contributed by atoms with Crippen LogP contribution in [0.25, 0.3) is 11.1 Å². The van der Waals surface area contributed by atoms with Crippen LogP contribution in [0.2, 0.25) is 0 Å². The van der Waals surface area contributed by atoms with Crippen molar-refractivity contribution in [2.75, 3.05) is 11.9 Å². The molecule has 0 radical (unpaired) electrons. The standard InChI is InChI=1S/C27H26N2O5/c1-2-8-24(26(31)32)29-25(30)17-9-7-10-18(15-17)28-27(33)34-16-23-21-13-5-3-11-19(21)20-12-4-6-14-22(20)23/h3-7,9-15,23-24H,2,8,16H2,1H3,(H,28,33)(H,29,30)(H,31,32)/t24-/m0/s1. The molecule has 0 saturated carbocycles. The Morgan fingerprint density at radius 2 is 1.59 bits per heavy atom. The Balaban J connectivity index is 1.40. The second-order valence-corrected chi connectivity index (χ2v) is 8.18. The molecule has 0 unspecified atom stereocenters. The first-order valence-corrected chi connectivity index (χ1v) is 11.2. The maximum Gasteiger partial charge on any atom is 0.411 e. The zero-order valence-corrected chi connectivity index (χ0v) is 18.8. The van der Waals surface area contributed by atoms with Crippen LogP contribution in [-0.4, -0.2) is 35.7 Å². The lowest BCUT2D eigenvalue weighted by atomic mass is 9.98. The molecular weight excluding hydrogens is 432 g/mol. The maximum atomic E-state index is 12.5. The summed E-state index contributed by atoms with van der Waals surface area (Å²) >= 11 is 0. The van der Waals surface area contributed by atoms with Gasteiger partial charge in [-0.3, -0.25) is 10.1 Å². The highest BCUT2D eigenvalue weighted by atomic mass is 16.5. The zero-order chi connectivity index (χ0) is 24.1. The largest absolute Gasteiger partial charge is 0.480 e. The number of hydrogen-bond acceptors (Lipinski definition) is 4. The van der Waals surface area contributed by atoms with E-state index in [4.69, 9.17) is 4.74 Å². The van der Waals surface area contributed by atoms with Crippen molar-refractivity contribution in [2.45, 2.75) is 31.7 Å². The predicted molar refractivity (Wildman–Crippen MR) is 129 cm³/mol. The van der Waals surface area contributed by atoms with E-state index in [0.29, 0.717) is 18.5 Å². The fourth-order valence-electron chi connectivity index (χ4n) is 4.28. The maximum absolute atomic E-state index is 12.5. The summed E-state index contributed by atoms with van der Waals surface area (Å²) in [6.45, 7) is 2.03. The van der Waals surface area contributed by atoms with Crippen LogP contribution in [0, 0.1) is 0 Å². The number of fused-ring (bicyclic) bond motifs is 3. The van der Waals surface area contributed by atoms with E-state index in [0.717, 1.165) is 22.3 Å². The minimum Gasteiger partial charge on any atom is -0.480 e. The fraction of sp³-hybridized carbons (Fsp3) is 0.222. The lowest BCUT2D eigenvalue weighted by Gasteiger charge is -2.15. The Kier molecular flexibility index (Phi) is 6.92. The molecule has 0 saturated heterocycles. The van der Waals surface area contributed by atoms with E-state index in [2.05, 4.69) is 22.8 Å². The number of aliphatic carboxylic acids is 1. The first-order valence-electron chi connectivity index (χ1n) is 11.2. The summed E-state index contributed by atoms with van der Waals surface area (Å²) in [6, 6.07) is 21.5. The summed E-state index contributed by atoms with van der Waals surface area (Å²) in [4.78, 5) is 36.3. The van der Waals surface area contributed by atoms with Gasteiger partial charge in [-0.05, 0) is 46.9 Å². The first kappa shape index (κ1) is 23.0. The van der Waals surface area contributed by atoms with Gasteiger partial charge in [0.25, 0.3) is 5.91 Å². The van der Waals surface area contributed by atoms with Crippen LogP contribution >= 0.6 is 0 Å². The number of carbonyl (C=O) groups excluding carboxylic acids is 2. The van der Waals surface area contributed by atoms with Crippen molar-refractivity contribution >= 4 is 23.7 Å². The normalized spacial score (nSPS) is 12.9. The third kappa shape index (κ3) is 4.93. The van der Waals surface area contributed by atoms with Gasteiger partial charge < -0.3 is 15.2 Å². The summed E-state index contributed by atoms with van der Waals surface area (Å²) in [5, 5.41) is 14.4. The third-order valence-electron chi connectivity index (χ3n) is 5.90. The Hall–Kier alpha value is -4.13. The Morgan fingerprint density at radius 1 is 0.941 bits per heavy atom. The minimum atomic E-state index is -1.08. The van der Waals surface area contributed by atoms with Gasteiger partial charge in [0.1, 0.15) is 12.6 Å². The fourth-order valence-corrected chi connectivity index (χ4v) is 4.28. The van der Waals surface area contributed by atoms with E-state index in [1.165, 1.54) is 6.07 Å². The van der Waals surface area contributed by atoms with Crippen molar-refractivity contribution in [3.8, 4) is 11.1 Å². The van der Waals surface area contributed by atoms with E-state index in [1.54, 1.807) is 18.2 Å². The van der Waals surface area contributed by atoms with Crippen molar-refractivity contribution in [3.05, 3.63) is 89.5 Å². The number of nitrogens with one attached hydrogen (secondary N) is 2. The SMILES string of the molecule is CCC[C@H](NC(=O)c1cccc(NC(=O)OCC2c3ccccc3-c3ccccc32)c1)C(=O)O. The van der Waals surface area contributed by atoms with Crippen LogP contribution in [0.1, 0.15) is 47.2 Å². The molecule has 2 amide bonds. The molecule has 0 heterocycles. The van der Waals surface area contributed by atoms with Crippen molar-refractivity contribution in [1.29, 1.82) is 0 Å². The smallest absolute Gasteiger partial charge is 0.411 e. The molecular formula is C27H26N2O5. The number of benzene rings is 3. The van der Waals surface area contributed by atoms with E-state index in [9.17, 15) is 19.5 Å². The highest BCUT2D eigenvalue weighted by Crippen LogP contribution is 2.44. The predicted octanol–water partition coefficient (Wildman–Crippen LogP) is 5.03. The van der Waals surface area contributed by atoms with Crippen LogP contribution in [0.5, 0.6) is 0 Å². The Morgan fingerprint density at radius 3 is 2.21 bits per heavy atom. The number of carbonyl (C=O) groups is 3. The highest BCUT2D eigenvalue weighted by Gasteiger charge is 2.29. The molecule has 3 N–H and O–H groups in total. The average Bonchev–Trinajstić information content (AvgIpc) is 3.16. The van der Waals surface area contributed by atoms with Gasteiger partial charge in [0.2, 0.25) is 0 Å². The van der Waals surface area contributed by atoms with Gasteiger partial charge in [0.05, 0.1) is 0 Å². The van der Waals surface area contributed by atoms with Gasteiger partial charge in [-0.25, -0.2) is 9.59 Å². The molecule has 3 aromatic rings. The minimum absolute atomic E-state index is 0.0539. The molecule has 1 atom stereocenters. The second kappa shape index (κ2) is 10.2. The molecule has 0 aromatic heterocycles. The zero-order valence-electron chi connectivity index (χ0n) is 18.8. The van der Waals surface area contributed by atoms with Crippen molar-refractivity contribution < 1.29 is 24.2 Å². The summed E-state index contributed by atoms with van der Waals surface area (Å²) < 4.78 is 5.54. The van der Waals surface area contributed by atoms with Gasteiger partial charge in [-0.2, -0.15) is 0 Å². The van der Waals surface area contributed by atoms with Crippen LogP contribution in [0.4, 0.5) is 10.5 Å². The lowest BCUT2D eigenvalue weighted by molar-refractivity contribution is -0.139. The molecule has 0 aliphatic heterocycles. The van der Waals surface area contributed by atoms with Crippen LogP contribution in [0.15, 0.2) is 72.8 Å². The molecule has 3 aromatic carbocycles. The molecule has 1 aliphatic rings.